The van der Waals surface area contributed by atoms with Gasteiger partial charge in [-0.2, -0.15) is 4.98 Å². The molecule has 0 bridgehead atoms. The van der Waals surface area contributed by atoms with Gasteiger partial charge in [-0.25, -0.2) is 0 Å². The van der Waals surface area contributed by atoms with E-state index in [-0.39, 0.29) is 6.04 Å². The zero-order valence-electron chi connectivity index (χ0n) is 7.09. The van der Waals surface area contributed by atoms with Crippen LogP contribution in [0.1, 0.15) is 31.6 Å². The van der Waals surface area contributed by atoms with E-state index in [1.165, 1.54) is 0 Å². The van der Waals surface area contributed by atoms with Crippen LogP contribution < -0.4 is 5.32 Å². The van der Waals surface area contributed by atoms with E-state index >= 15 is 0 Å². The van der Waals surface area contributed by atoms with Gasteiger partial charge in [0.1, 0.15) is 0 Å². The van der Waals surface area contributed by atoms with Gasteiger partial charge in [0, 0.05) is 6.42 Å². The highest BCUT2D eigenvalue weighted by Crippen LogP contribution is 2.07. The van der Waals surface area contributed by atoms with Crippen molar-refractivity contribution in [2.45, 2.75) is 26.3 Å². The predicted octanol–water partition coefficient (Wildman–Crippen LogP) is 0.912. The number of aromatic nitrogens is 2. The molecule has 1 N–H and O–H groups in total. The fraction of sp³-hybridized carbons (Fsp3) is 0.714. The minimum Gasteiger partial charge on any atom is -0.338 e. The fourth-order valence-electron chi connectivity index (χ4n) is 0.710. The van der Waals surface area contributed by atoms with Crippen LogP contribution in [0.2, 0.25) is 0 Å². The molecular formula is C7H13N3O. The summed E-state index contributed by atoms with van der Waals surface area (Å²) in [6, 6.07) is 0.141. The van der Waals surface area contributed by atoms with Crippen molar-refractivity contribution in [2.24, 2.45) is 0 Å². The van der Waals surface area contributed by atoms with Crippen molar-refractivity contribution in [3.63, 3.8) is 0 Å². The van der Waals surface area contributed by atoms with Gasteiger partial charge in [-0.05, 0) is 14.0 Å². The second-order valence-electron chi connectivity index (χ2n) is 2.41. The van der Waals surface area contributed by atoms with Gasteiger partial charge in [0.05, 0.1) is 6.04 Å². The van der Waals surface area contributed by atoms with Gasteiger partial charge < -0.3 is 9.84 Å². The molecule has 4 heteroatoms. The quantitative estimate of drug-likeness (QED) is 0.705. The van der Waals surface area contributed by atoms with Crippen molar-refractivity contribution in [1.29, 1.82) is 0 Å². The summed E-state index contributed by atoms with van der Waals surface area (Å²) in [6.07, 6.45) is 0.819. The molecule has 0 aliphatic rings. The lowest BCUT2D eigenvalue weighted by molar-refractivity contribution is 0.343. The molecule has 11 heavy (non-hydrogen) atoms. The molecule has 0 amide bonds. The van der Waals surface area contributed by atoms with E-state index in [9.17, 15) is 0 Å². The van der Waals surface area contributed by atoms with Crippen LogP contribution in [-0.2, 0) is 6.42 Å². The number of nitrogens with one attached hydrogen (secondary N) is 1. The van der Waals surface area contributed by atoms with Crippen molar-refractivity contribution in [3.05, 3.63) is 11.7 Å². The van der Waals surface area contributed by atoms with E-state index in [1.54, 1.807) is 0 Å². The Hall–Kier alpha value is -0.900. The van der Waals surface area contributed by atoms with E-state index in [0.717, 1.165) is 12.2 Å². The molecule has 0 fully saturated rings. The zero-order valence-corrected chi connectivity index (χ0v) is 7.09. The second kappa shape index (κ2) is 3.48. The highest BCUT2D eigenvalue weighted by molar-refractivity contribution is 4.90. The Kier molecular flexibility index (Phi) is 2.59. The van der Waals surface area contributed by atoms with Gasteiger partial charge in [-0.1, -0.05) is 12.1 Å². The average Bonchev–Trinajstić information content (AvgIpc) is 2.50. The molecule has 1 rings (SSSR count). The maximum Gasteiger partial charge on any atom is 0.243 e. The molecule has 1 heterocycles. The topological polar surface area (TPSA) is 51.0 Å². The van der Waals surface area contributed by atoms with Gasteiger partial charge >= 0.3 is 0 Å². The molecule has 0 aromatic carbocycles. The average molecular weight is 155 g/mol. The summed E-state index contributed by atoms with van der Waals surface area (Å²) >= 11 is 0. The first-order chi connectivity index (χ1) is 5.27. The summed E-state index contributed by atoms with van der Waals surface area (Å²) < 4.78 is 4.98. The van der Waals surface area contributed by atoms with Gasteiger partial charge in [0.25, 0.3) is 0 Å². The predicted molar refractivity (Wildman–Crippen MR) is 41.2 cm³/mol. The van der Waals surface area contributed by atoms with Crippen LogP contribution in [0.15, 0.2) is 4.52 Å². The van der Waals surface area contributed by atoms with Gasteiger partial charge in [-0.15, -0.1) is 0 Å². The first kappa shape index (κ1) is 8.20. The van der Waals surface area contributed by atoms with Crippen LogP contribution in [0.4, 0.5) is 0 Å². The van der Waals surface area contributed by atoms with Crippen molar-refractivity contribution >= 4 is 0 Å². The highest BCUT2D eigenvalue weighted by atomic mass is 16.5. The molecule has 0 saturated carbocycles. The van der Waals surface area contributed by atoms with E-state index in [0.29, 0.717) is 5.89 Å². The van der Waals surface area contributed by atoms with Crippen LogP contribution in [0.5, 0.6) is 0 Å². The Morgan fingerprint density at radius 2 is 2.36 bits per heavy atom. The lowest BCUT2D eigenvalue weighted by Gasteiger charge is -2.01. The molecule has 1 atom stereocenters. The molecular weight excluding hydrogens is 142 g/mol. The number of rotatable bonds is 3. The summed E-state index contributed by atoms with van der Waals surface area (Å²) in [5.41, 5.74) is 0. The Balaban J connectivity index is 2.71. The minimum atomic E-state index is 0.141. The number of hydrogen-bond acceptors (Lipinski definition) is 4. The van der Waals surface area contributed by atoms with Gasteiger partial charge in [0.15, 0.2) is 5.82 Å². The Morgan fingerprint density at radius 3 is 2.82 bits per heavy atom. The van der Waals surface area contributed by atoms with Crippen molar-refractivity contribution in [3.8, 4) is 0 Å². The van der Waals surface area contributed by atoms with Crippen LogP contribution in [0, 0.1) is 0 Å². The molecule has 62 valence electrons. The largest absolute Gasteiger partial charge is 0.338 e. The summed E-state index contributed by atoms with van der Waals surface area (Å²) in [7, 11) is 1.86. The van der Waals surface area contributed by atoms with Crippen LogP contribution >= 0.6 is 0 Å². The second-order valence-corrected chi connectivity index (χ2v) is 2.41. The monoisotopic (exact) mass is 155 g/mol. The zero-order chi connectivity index (χ0) is 8.27. The molecule has 1 aromatic rings. The minimum absolute atomic E-state index is 0.141. The smallest absolute Gasteiger partial charge is 0.243 e. The Labute approximate surface area is 66.0 Å². The van der Waals surface area contributed by atoms with E-state index in [2.05, 4.69) is 15.5 Å². The summed E-state index contributed by atoms with van der Waals surface area (Å²) in [6.45, 7) is 3.98. The third-order valence-electron chi connectivity index (χ3n) is 1.60. The summed E-state index contributed by atoms with van der Waals surface area (Å²) in [5.74, 6) is 1.42. The third kappa shape index (κ3) is 1.77. The molecule has 1 unspecified atom stereocenters. The molecule has 0 aliphatic heterocycles. The molecule has 0 saturated heterocycles. The molecule has 0 spiro atoms. The van der Waals surface area contributed by atoms with E-state index in [4.69, 9.17) is 4.52 Å². The van der Waals surface area contributed by atoms with E-state index in [1.807, 2.05) is 20.9 Å². The molecule has 0 aliphatic carbocycles. The van der Waals surface area contributed by atoms with Crippen LogP contribution in [0.25, 0.3) is 0 Å². The van der Waals surface area contributed by atoms with Crippen LogP contribution in [0.3, 0.4) is 0 Å². The standard InChI is InChI=1S/C7H13N3O/c1-4-6-9-7(11-10-6)5(2)8-3/h5,8H,4H2,1-3H3. The normalized spacial score (nSPS) is 13.4. The first-order valence-corrected chi connectivity index (χ1v) is 3.77. The maximum atomic E-state index is 4.98. The SMILES string of the molecule is CCc1noc(C(C)NC)n1. The Bertz CT molecular complexity index is 221. The molecule has 4 nitrogen and oxygen atoms in total. The summed E-state index contributed by atoms with van der Waals surface area (Å²) in [5, 5.41) is 6.80. The molecule has 0 radical (unpaired) electrons. The van der Waals surface area contributed by atoms with Crippen molar-refractivity contribution < 1.29 is 4.52 Å². The lowest BCUT2D eigenvalue weighted by atomic mass is 10.3. The highest BCUT2D eigenvalue weighted by Gasteiger charge is 2.10. The molecule has 1 aromatic heterocycles. The van der Waals surface area contributed by atoms with Gasteiger partial charge in [0.2, 0.25) is 5.89 Å². The first-order valence-electron chi connectivity index (χ1n) is 3.77. The maximum absolute atomic E-state index is 4.98. The number of aryl methyl sites for hydroxylation is 1. The Morgan fingerprint density at radius 1 is 1.64 bits per heavy atom. The number of nitrogens with zero attached hydrogens (tertiary/aromatic N) is 2. The number of hydrogen-bond donors (Lipinski definition) is 1. The third-order valence-corrected chi connectivity index (χ3v) is 1.60. The van der Waals surface area contributed by atoms with E-state index < -0.39 is 0 Å². The fourth-order valence-corrected chi connectivity index (χ4v) is 0.710. The summed E-state index contributed by atoms with van der Waals surface area (Å²) in [4.78, 5) is 4.16. The van der Waals surface area contributed by atoms with Gasteiger partial charge in [-0.3, -0.25) is 0 Å². The van der Waals surface area contributed by atoms with Crippen molar-refractivity contribution in [2.75, 3.05) is 7.05 Å². The lowest BCUT2D eigenvalue weighted by Crippen LogP contribution is -2.12. The van der Waals surface area contributed by atoms with Crippen LogP contribution in [-0.4, -0.2) is 17.2 Å². The van der Waals surface area contributed by atoms with Crippen molar-refractivity contribution in [1.82, 2.24) is 15.5 Å².